The van der Waals surface area contributed by atoms with Crippen LogP contribution >= 0.6 is 0 Å². The SMILES string of the molecule is CC1CCC(NS(=O)(=O)c2cccc(F)c2)CC1. The Hall–Kier alpha value is -0.940. The molecule has 0 amide bonds. The van der Waals surface area contributed by atoms with Crippen LogP contribution in [0.25, 0.3) is 0 Å². The summed E-state index contributed by atoms with van der Waals surface area (Å²) in [5.41, 5.74) is 0. The van der Waals surface area contributed by atoms with Gasteiger partial charge in [0.1, 0.15) is 5.82 Å². The van der Waals surface area contributed by atoms with Crippen LogP contribution in [0.4, 0.5) is 4.39 Å². The minimum Gasteiger partial charge on any atom is -0.208 e. The number of nitrogens with one attached hydrogen (secondary N) is 1. The van der Waals surface area contributed by atoms with Crippen LogP contribution in [0, 0.1) is 11.7 Å². The van der Waals surface area contributed by atoms with Crippen molar-refractivity contribution in [3.05, 3.63) is 30.1 Å². The minimum atomic E-state index is -3.59. The van der Waals surface area contributed by atoms with Crippen molar-refractivity contribution in [3.63, 3.8) is 0 Å². The van der Waals surface area contributed by atoms with E-state index in [4.69, 9.17) is 0 Å². The third-order valence-electron chi connectivity index (χ3n) is 3.44. The number of benzene rings is 1. The van der Waals surface area contributed by atoms with E-state index in [1.165, 1.54) is 18.2 Å². The van der Waals surface area contributed by atoms with Crippen molar-refractivity contribution in [1.82, 2.24) is 4.72 Å². The van der Waals surface area contributed by atoms with Gasteiger partial charge in [0, 0.05) is 6.04 Å². The van der Waals surface area contributed by atoms with Crippen LogP contribution < -0.4 is 4.72 Å². The molecule has 3 nitrogen and oxygen atoms in total. The van der Waals surface area contributed by atoms with Gasteiger partial charge in [-0.2, -0.15) is 0 Å². The summed E-state index contributed by atoms with van der Waals surface area (Å²) < 4.78 is 39.8. The second-order valence-electron chi connectivity index (χ2n) is 5.04. The molecule has 1 N–H and O–H groups in total. The molecule has 1 aliphatic carbocycles. The lowest BCUT2D eigenvalue weighted by molar-refractivity contribution is 0.332. The van der Waals surface area contributed by atoms with Crippen LogP contribution in [-0.4, -0.2) is 14.5 Å². The van der Waals surface area contributed by atoms with Gasteiger partial charge in [-0.05, 0) is 49.8 Å². The smallest absolute Gasteiger partial charge is 0.208 e. The largest absolute Gasteiger partial charge is 0.240 e. The Kier molecular flexibility index (Phi) is 4.02. The van der Waals surface area contributed by atoms with Gasteiger partial charge in [0.2, 0.25) is 10.0 Å². The summed E-state index contributed by atoms with van der Waals surface area (Å²) in [6.45, 7) is 2.18. The molecule has 0 aliphatic heterocycles. The van der Waals surface area contributed by atoms with Gasteiger partial charge in [-0.1, -0.05) is 13.0 Å². The summed E-state index contributed by atoms with van der Waals surface area (Å²) in [5, 5.41) is 0. The molecular formula is C13H18FNO2S. The summed E-state index contributed by atoms with van der Waals surface area (Å²) in [7, 11) is -3.59. The molecule has 1 aromatic rings. The zero-order valence-corrected chi connectivity index (χ0v) is 11.2. The van der Waals surface area contributed by atoms with E-state index in [-0.39, 0.29) is 10.9 Å². The summed E-state index contributed by atoms with van der Waals surface area (Å²) in [6.07, 6.45) is 3.79. The number of hydrogen-bond acceptors (Lipinski definition) is 2. The average molecular weight is 271 g/mol. The Morgan fingerprint density at radius 3 is 2.50 bits per heavy atom. The number of rotatable bonds is 3. The van der Waals surface area contributed by atoms with Crippen molar-refractivity contribution in [1.29, 1.82) is 0 Å². The standard InChI is InChI=1S/C13H18FNO2S/c1-10-5-7-12(8-6-10)15-18(16,17)13-4-2-3-11(14)9-13/h2-4,9-10,12,15H,5-8H2,1H3. The van der Waals surface area contributed by atoms with E-state index in [1.54, 1.807) is 0 Å². The van der Waals surface area contributed by atoms with Crippen LogP contribution in [0.2, 0.25) is 0 Å². The lowest BCUT2D eigenvalue weighted by atomic mass is 9.88. The molecule has 0 radical (unpaired) electrons. The van der Waals surface area contributed by atoms with Crippen LogP contribution in [0.3, 0.4) is 0 Å². The minimum absolute atomic E-state index is 0.00104. The highest BCUT2D eigenvalue weighted by molar-refractivity contribution is 7.89. The van der Waals surface area contributed by atoms with Gasteiger partial charge in [-0.15, -0.1) is 0 Å². The fourth-order valence-corrected chi connectivity index (χ4v) is 3.64. The Labute approximate surface area is 107 Å². The number of halogens is 1. The predicted molar refractivity (Wildman–Crippen MR) is 68.1 cm³/mol. The summed E-state index contributed by atoms with van der Waals surface area (Å²) >= 11 is 0. The molecule has 0 spiro atoms. The molecule has 0 atom stereocenters. The first kappa shape index (κ1) is 13.5. The Balaban J connectivity index is 2.08. The van der Waals surface area contributed by atoms with Gasteiger partial charge in [-0.3, -0.25) is 0 Å². The van der Waals surface area contributed by atoms with Crippen LogP contribution in [0.1, 0.15) is 32.6 Å². The molecule has 0 aromatic heterocycles. The molecule has 1 aromatic carbocycles. The predicted octanol–water partition coefficient (Wildman–Crippen LogP) is 2.68. The van der Waals surface area contributed by atoms with Crippen LogP contribution in [-0.2, 0) is 10.0 Å². The van der Waals surface area contributed by atoms with E-state index < -0.39 is 15.8 Å². The third-order valence-corrected chi connectivity index (χ3v) is 4.96. The van der Waals surface area contributed by atoms with Gasteiger partial charge < -0.3 is 0 Å². The zero-order valence-electron chi connectivity index (χ0n) is 10.4. The molecule has 0 heterocycles. The van der Waals surface area contributed by atoms with Gasteiger partial charge in [0.05, 0.1) is 4.90 Å². The highest BCUT2D eigenvalue weighted by Gasteiger charge is 2.24. The van der Waals surface area contributed by atoms with Crippen molar-refractivity contribution in [2.75, 3.05) is 0 Å². The van der Waals surface area contributed by atoms with Crippen molar-refractivity contribution < 1.29 is 12.8 Å². The van der Waals surface area contributed by atoms with Gasteiger partial charge in [-0.25, -0.2) is 17.5 Å². The molecule has 0 bridgehead atoms. The maximum Gasteiger partial charge on any atom is 0.240 e. The highest BCUT2D eigenvalue weighted by Crippen LogP contribution is 2.24. The maximum absolute atomic E-state index is 13.0. The lowest BCUT2D eigenvalue weighted by Crippen LogP contribution is -2.37. The molecule has 0 saturated heterocycles. The highest BCUT2D eigenvalue weighted by atomic mass is 32.2. The van der Waals surface area contributed by atoms with E-state index >= 15 is 0 Å². The summed E-state index contributed by atoms with van der Waals surface area (Å²) in [6, 6.07) is 5.09. The summed E-state index contributed by atoms with van der Waals surface area (Å²) in [4.78, 5) is 0.00104. The van der Waals surface area contributed by atoms with Gasteiger partial charge in [0.25, 0.3) is 0 Å². The first-order valence-corrected chi connectivity index (χ1v) is 7.73. The molecule has 0 unspecified atom stereocenters. The molecule has 100 valence electrons. The summed E-state index contributed by atoms with van der Waals surface area (Å²) in [5.74, 6) is 0.134. The second-order valence-corrected chi connectivity index (χ2v) is 6.75. The molecule has 5 heteroatoms. The third kappa shape index (κ3) is 3.29. The quantitative estimate of drug-likeness (QED) is 0.918. The van der Waals surface area contributed by atoms with Crippen molar-refractivity contribution in [3.8, 4) is 0 Å². The fourth-order valence-electron chi connectivity index (χ4n) is 2.30. The number of sulfonamides is 1. The first-order chi connectivity index (χ1) is 8.47. The average Bonchev–Trinajstić information content (AvgIpc) is 2.32. The van der Waals surface area contributed by atoms with Gasteiger partial charge >= 0.3 is 0 Å². The van der Waals surface area contributed by atoms with E-state index in [9.17, 15) is 12.8 Å². The van der Waals surface area contributed by atoms with Crippen LogP contribution in [0.5, 0.6) is 0 Å². The topological polar surface area (TPSA) is 46.2 Å². The van der Waals surface area contributed by atoms with Crippen molar-refractivity contribution in [2.24, 2.45) is 5.92 Å². The lowest BCUT2D eigenvalue weighted by Gasteiger charge is -2.26. The molecule has 1 saturated carbocycles. The van der Waals surface area contributed by atoms with Gasteiger partial charge in [0.15, 0.2) is 0 Å². The monoisotopic (exact) mass is 271 g/mol. The maximum atomic E-state index is 13.0. The Morgan fingerprint density at radius 2 is 1.89 bits per heavy atom. The zero-order chi connectivity index (χ0) is 13.2. The molecule has 18 heavy (non-hydrogen) atoms. The fraction of sp³-hybridized carbons (Fsp3) is 0.538. The Morgan fingerprint density at radius 1 is 1.22 bits per heavy atom. The Bertz CT molecular complexity index is 507. The van der Waals surface area contributed by atoms with E-state index in [2.05, 4.69) is 11.6 Å². The van der Waals surface area contributed by atoms with Crippen LogP contribution in [0.15, 0.2) is 29.2 Å². The molecule has 1 aliphatic rings. The van der Waals surface area contributed by atoms with E-state index in [1.807, 2.05) is 0 Å². The molecular weight excluding hydrogens is 253 g/mol. The van der Waals surface area contributed by atoms with E-state index in [0.29, 0.717) is 5.92 Å². The van der Waals surface area contributed by atoms with E-state index in [0.717, 1.165) is 31.7 Å². The first-order valence-electron chi connectivity index (χ1n) is 6.25. The molecule has 1 fully saturated rings. The normalized spacial score (nSPS) is 25.0. The second kappa shape index (κ2) is 5.36. The number of hydrogen-bond donors (Lipinski definition) is 1. The van der Waals surface area contributed by atoms with Crippen molar-refractivity contribution in [2.45, 2.75) is 43.5 Å². The molecule has 2 rings (SSSR count). The van der Waals surface area contributed by atoms with Crippen molar-refractivity contribution >= 4 is 10.0 Å².